The second-order valence-electron chi connectivity index (χ2n) is 7.33. The predicted octanol–water partition coefficient (Wildman–Crippen LogP) is 2.47. The molecule has 2 unspecified atom stereocenters. The monoisotopic (exact) mass is 387 g/mol. The van der Waals surface area contributed by atoms with Gasteiger partial charge in [-0.3, -0.25) is 4.98 Å². The van der Waals surface area contributed by atoms with Gasteiger partial charge < -0.3 is 20.5 Å². The van der Waals surface area contributed by atoms with Crippen molar-refractivity contribution in [2.24, 2.45) is 11.3 Å². The second-order valence-corrected chi connectivity index (χ2v) is 7.33. The third kappa shape index (κ3) is 4.70. The highest BCUT2D eigenvalue weighted by Gasteiger charge is 2.48. The first-order chi connectivity index (χ1) is 12.8. The maximum atomic E-state index is 12.7. The van der Waals surface area contributed by atoms with Gasteiger partial charge in [-0.05, 0) is 43.4 Å². The normalized spacial score (nSPS) is 24.7. The zero-order valence-electron chi connectivity index (χ0n) is 14.9. The van der Waals surface area contributed by atoms with E-state index in [-0.39, 0.29) is 17.9 Å². The van der Waals surface area contributed by atoms with E-state index < -0.39 is 24.0 Å². The fraction of sp³-hybridized carbons (Fsp3) is 0.667. The van der Waals surface area contributed by atoms with Crippen LogP contribution < -0.4 is 10.6 Å². The Bertz CT molecular complexity index is 663. The molecule has 1 saturated carbocycles. The summed E-state index contributed by atoms with van der Waals surface area (Å²) in [6.07, 6.45) is -0.502. The Morgan fingerprint density at radius 1 is 1.30 bits per heavy atom. The molecule has 150 valence electrons. The number of aliphatic hydroxyl groups is 1. The molecule has 1 spiro atoms. The van der Waals surface area contributed by atoms with E-state index in [4.69, 9.17) is 4.74 Å². The van der Waals surface area contributed by atoms with Crippen LogP contribution in [-0.2, 0) is 17.5 Å². The van der Waals surface area contributed by atoms with Crippen LogP contribution >= 0.6 is 0 Å². The predicted molar refractivity (Wildman–Crippen MR) is 90.7 cm³/mol. The van der Waals surface area contributed by atoms with E-state index in [1.165, 1.54) is 6.07 Å². The number of rotatable bonds is 4. The van der Waals surface area contributed by atoms with Gasteiger partial charge in [0.15, 0.2) is 0 Å². The second kappa shape index (κ2) is 8.02. The Morgan fingerprint density at radius 2 is 2.04 bits per heavy atom. The Hall–Kier alpha value is -1.87. The number of alkyl halides is 3. The number of nitrogens with zero attached hydrogens (tertiary/aromatic N) is 1. The van der Waals surface area contributed by atoms with Gasteiger partial charge in [-0.25, -0.2) is 4.79 Å². The fourth-order valence-corrected chi connectivity index (χ4v) is 4.02. The van der Waals surface area contributed by atoms with Crippen LogP contribution in [0.5, 0.6) is 0 Å². The van der Waals surface area contributed by atoms with Crippen LogP contribution in [0.1, 0.15) is 36.9 Å². The average molecular weight is 387 g/mol. The number of hydrogen-bond donors (Lipinski definition) is 3. The van der Waals surface area contributed by atoms with Gasteiger partial charge in [0.05, 0.1) is 6.10 Å². The van der Waals surface area contributed by atoms with Gasteiger partial charge in [-0.15, -0.1) is 0 Å². The third-order valence-corrected chi connectivity index (χ3v) is 5.67. The first-order valence-corrected chi connectivity index (χ1v) is 9.10. The molecule has 1 aliphatic carbocycles. The van der Waals surface area contributed by atoms with Crippen LogP contribution in [0.25, 0.3) is 0 Å². The van der Waals surface area contributed by atoms with Crippen LogP contribution in [-0.4, -0.2) is 42.0 Å². The van der Waals surface area contributed by atoms with E-state index in [9.17, 15) is 23.1 Å². The summed E-state index contributed by atoms with van der Waals surface area (Å²) in [5, 5.41) is 15.9. The first kappa shape index (κ1) is 19.9. The molecule has 2 atom stereocenters. The molecule has 1 aromatic rings. The SMILES string of the molecule is O=C(NCc1ccnc(C(F)(F)F)c1)NCC1CCC2(CCOCC2)C1O. The Kier molecular flexibility index (Phi) is 5.90. The van der Waals surface area contributed by atoms with Crippen molar-refractivity contribution in [1.29, 1.82) is 0 Å². The third-order valence-electron chi connectivity index (χ3n) is 5.67. The summed E-state index contributed by atoms with van der Waals surface area (Å²) >= 11 is 0. The molecule has 2 aliphatic rings. The van der Waals surface area contributed by atoms with E-state index in [1.54, 1.807) is 0 Å². The molecule has 2 fully saturated rings. The van der Waals surface area contributed by atoms with E-state index in [0.717, 1.165) is 37.9 Å². The fourth-order valence-electron chi connectivity index (χ4n) is 4.02. The summed E-state index contributed by atoms with van der Waals surface area (Å²) in [6.45, 7) is 1.61. The summed E-state index contributed by atoms with van der Waals surface area (Å²) in [6, 6.07) is 1.86. The highest BCUT2D eigenvalue weighted by Crippen LogP contribution is 2.48. The summed E-state index contributed by atoms with van der Waals surface area (Å²) < 4.78 is 43.3. The van der Waals surface area contributed by atoms with Crippen LogP contribution in [0.3, 0.4) is 0 Å². The molecule has 1 saturated heterocycles. The van der Waals surface area contributed by atoms with Crippen molar-refractivity contribution >= 4 is 6.03 Å². The van der Waals surface area contributed by atoms with Crippen molar-refractivity contribution in [2.75, 3.05) is 19.8 Å². The quantitative estimate of drug-likeness (QED) is 0.741. The zero-order chi connectivity index (χ0) is 19.5. The van der Waals surface area contributed by atoms with Gasteiger partial charge in [-0.1, -0.05) is 0 Å². The number of pyridine rings is 1. The first-order valence-electron chi connectivity index (χ1n) is 9.10. The van der Waals surface area contributed by atoms with Crippen molar-refractivity contribution in [3.05, 3.63) is 29.6 Å². The van der Waals surface area contributed by atoms with Crippen LogP contribution in [0.15, 0.2) is 18.3 Å². The van der Waals surface area contributed by atoms with Gasteiger partial charge in [0.1, 0.15) is 5.69 Å². The van der Waals surface area contributed by atoms with E-state index in [0.29, 0.717) is 25.3 Å². The summed E-state index contributed by atoms with van der Waals surface area (Å²) in [4.78, 5) is 15.3. The summed E-state index contributed by atoms with van der Waals surface area (Å²) in [5.41, 5.74) is -0.779. The average Bonchev–Trinajstić information content (AvgIpc) is 2.94. The zero-order valence-corrected chi connectivity index (χ0v) is 14.9. The highest BCUT2D eigenvalue weighted by molar-refractivity contribution is 5.73. The summed E-state index contributed by atoms with van der Waals surface area (Å²) in [5.74, 6) is -0.0217. The molecule has 1 aliphatic heterocycles. The highest BCUT2D eigenvalue weighted by atomic mass is 19.4. The molecular weight excluding hydrogens is 363 g/mol. The minimum absolute atomic E-state index is 0.0217. The Labute approximate surface area is 155 Å². The molecule has 2 amide bonds. The molecule has 3 N–H and O–H groups in total. The molecule has 2 heterocycles. The number of aliphatic hydroxyl groups excluding tert-OH is 1. The lowest BCUT2D eigenvalue weighted by atomic mass is 9.76. The maximum absolute atomic E-state index is 12.7. The van der Waals surface area contributed by atoms with Crippen LogP contribution in [0.2, 0.25) is 0 Å². The van der Waals surface area contributed by atoms with Crippen molar-refractivity contribution in [2.45, 2.75) is 44.5 Å². The number of halogens is 3. The van der Waals surface area contributed by atoms with Gasteiger partial charge in [-0.2, -0.15) is 13.2 Å². The number of carbonyl (C=O) groups is 1. The molecule has 1 aromatic heterocycles. The minimum Gasteiger partial charge on any atom is -0.392 e. The number of hydrogen-bond acceptors (Lipinski definition) is 4. The molecular formula is C18H24F3N3O3. The van der Waals surface area contributed by atoms with E-state index >= 15 is 0 Å². The number of ether oxygens (including phenoxy) is 1. The number of urea groups is 1. The lowest BCUT2D eigenvalue weighted by molar-refractivity contribution is -0.141. The van der Waals surface area contributed by atoms with Gasteiger partial charge >= 0.3 is 12.2 Å². The topological polar surface area (TPSA) is 83.5 Å². The molecule has 3 rings (SSSR count). The smallest absolute Gasteiger partial charge is 0.392 e. The lowest BCUT2D eigenvalue weighted by Crippen LogP contribution is -2.43. The van der Waals surface area contributed by atoms with E-state index in [2.05, 4.69) is 15.6 Å². The molecule has 0 radical (unpaired) electrons. The standard InChI is InChI=1S/C18H24F3N3O3/c19-18(20,21)14-9-12(2-6-22-14)10-23-16(26)24-11-13-1-3-17(15(13)25)4-7-27-8-5-17/h2,6,9,13,15,25H,1,3-5,7-8,10-11H2,(H2,23,24,26). The number of nitrogens with one attached hydrogen (secondary N) is 2. The summed E-state index contributed by atoms with van der Waals surface area (Å²) in [7, 11) is 0. The molecule has 6 nitrogen and oxygen atoms in total. The molecule has 9 heteroatoms. The number of carbonyl (C=O) groups excluding carboxylic acids is 1. The van der Waals surface area contributed by atoms with Crippen molar-refractivity contribution < 1.29 is 27.8 Å². The van der Waals surface area contributed by atoms with Crippen molar-refractivity contribution in [3.63, 3.8) is 0 Å². The van der Waals surface area contributed by atoms with Crippen LogP contribution in [0, 0.1) is 11.3 Å². The number of aromatic nitrogens is 1. The van der Waals surface area contributed by atoms with Crippen molar-refractivity contribution in [3.8, 4) is 0 Å². The van der Waals surface area contributed by atoms with Crippen LogP contribution in [0.4, 0.5) is 18.0 Å². The molecule has 27 heavy (non-hydrogen) atoms. The van der Waals surface area contributed by atoms with Crippen molar-refractivity contribution in [1.82, 2.24) is 15.6 Å². The number of amides is 2. The van der Waals surface area contributed by atoms with Gasteiger partial charge in [0, 0.05) is 43.8 Å². The molecule has 0 bridgehead atoms. The largest absolute Gasteiger partial charge is 0.433 e. The molecule has 0 aromatic carbocycles. The Balaban J connectivity index is 1.45. The lowest BCUT2D eigenvalue weighted by Gasteiger charge is -2.37. The van der Waals surface area contributed by atoms with Gasteiger partial charge in [0.25, 0.3) is 0 Å². The van der Waals surface area contributed by atoms with Gasteiger partial charge in [0.2, 0.25) is 0 Å². The van der Waals surface area contributed by atoms with E-state index in [1.807, 2.05) is 0 Å². The minimum atomic E-state index is -4.52. The Morgan fingerprint density at radius 3 is 2.74 bits per heavy atom. The maximum Gasteiger partial charge on any atom is 0.433 e.